The summed E-state index contributed by atoms with van der Waals surface area (Å²) in [5.74, 6) is -3.39. The minimum Gasteiger partial charge on any atom is -0.872 e. The van der Waals surface area contributed by atoms with Crippen LogP contribution in [0.15, 0.2) is 68.1 Å². The predicted molar refractivity (Wildman–Crippen MR) is 153 cm³/mol. The van der Waals surface area contributed by atoms with Crippen LogP contribution in [-0.4, -0.2) is 67.2 Å². The molecule has 0 saturated heterocycles. The number of aromatic hydroxyl groups is 3. The molecule has 0 heterocycles. The van der Waals surface area contributed by atoms with Gasteiger partial charge in [-0.1, -0.05) is 0 Å². The lowest BCUT2D eigenvalue weighted by molar-refractivity contribution is -0.270. The lowest BCUT2D eigenvalue weighted by atomic mass is 9.91. The number of phenolic OH excluding ortho intramolecular Hbond substituents is 3. The van der Waals surface area contributed by atoms with Gasteiger partial charge in [-0.3, -0.25) is 0 Å². The highest BCUT2D eigenvalue weighted by Crippen LogP contribution is 2.40. The Morgan fingerprint density at radius 2 is 0.542 bits per heavy atom. The topological polar surface area (TPSA) is 313 Å². The molecule has 5 rings (SSSR count). The minimum atomic E-state index is -5.31. The molecule has 0 unspecified atom stereocenters. The molecule has 0 saturated carbocycles. The van der Waals surface area contributed by atoms with E-state index in [0.717, 1.165) is 0 Å². The zero-order chi connectivity index (χ0) is 35.7. The molecule has 1 aliphatic rings. The molecule has 0 atom stereocenters. The zero-order valence-corrected chi connectivity index (χ0v) is 27.0. The Morgan fingerprint density at radius 1 is 0.375 bits per heavy atom. The molecule has 4 aromatic rings. The number of fused-ring (bicyclic) bond motifs is 8. The van der Waals surface area contributed by atoms with Gasteiger partial charge in [-0.2, -0.15) is 0 Å². The van der Waals surface area contributed by atoms with Crippen LogP contribution in [0.2, 0.25) is 0 Å². The second-order valence-electron chi connectivity index (χ2n) is 10.9. The first-order valence-corrected chi connectivity index (χ1v) is 18.8. The molecular weight excluding hydrogens is 721 g/mol. The van der Waals surface area contributed by atoms with Crippen LogP contribution >= 0.6 is 0 Å². The van der Waals surface area contributed by atoms with E-state index < -0.39 is 153 Å². The maximum Gasteiger partial charge on any atom is 0.124 e. The fourth-order valence-corrected chi connectivity index (χ4v) is 7.67. The fraction of sp³-hybridized carbons (Fsp3) is 0.143. The van der Waals surface area contributed by atoms with Crippen molar-refractivity contribution < 1.29 is 72.3 Å². The summed E-state index contributed by atoms with van der Waals surface area (Å²) in [5, 5.41) is 47.0. The first-order chi connectivity index (χ1) is 21.9. The van der Waals surface area contributed by atoms with E-state index in [1.807, 2.05) is 0 Å². The molecule has 256 valence electrons. The first-order valence-electron chi connectivity index (χ1n) is 13.1. The summed E-state index contributed by atoms with van der Waals surface area (Å²) in [5.41, 5.74) is -3.87. The van der Waals surface area contributed by atoms with Crippen LogP contribution in [0.25, 0.3) is 0 Å². The summed E-state index contributed by atoms with van der Waals surface area (Å²) < 4.78 is 145. The lowest BCUT2D eigenvalue weighted by Crippen LogP contribution is -2.10. The monoisotopic (exact) mass is 739 g/mol. The largest absolute Gasteiger partial charge is 0.872 e. The van der Waals surface area contributed by atoms with Crippen molar-refractivity contribution in [3.8, 4) is 23.0 Å². The van der Waals surface area contributed by atoms with Crippen LogP contribution in [0.4, 0.5) is 0 Å². The highest BCUT2D eigenvalue weighted by atomic mass is 32.2. The Hall–Kier alpha value is -4.28. The van der Waals surface area contributed by atoms with Crippen molar-refractivity contribution in [2.24, 2.45) is 0 Å². The van der Waals surface area contributed by atoms with Crippen molar-refractivity contribution in [1.29, 1.82) is 0 Å². The van der Waals surface area contributed by atoms with Gasteiger partial charge in [0.05, 0.1) is 19.6 Å². The number of rotatable bonds is 4. The van der Waals surface area contributed by atoms with E-state index in [2.05, 4.69) is 0 Å². The third-order valence-corrected chi connectivity index (χ3v) is 10.9. The maximum absolute atomic E-state index is 13.6. The average Bonchev–Trinajstić information content (AvgIpc) is 2.93. The predicted octanol–water partition coefficient (Wildman–Crippen LogP) is 0.170. The summed E-state index contributed by atoms with van der Waals surface area (Å²) in [6.45, 7) is 0. The fourth-order valence-electron chi connectivity index (χ4n) is 5.38. The van der Waals surface area contributed by atoms with Crippen molar-refractivity contribution in [2.75, 3.05) is 0 Å². The first kappa shape index (κ1) is 35.0. The average molecular weight is 740 g/mol. The van der Waals surface area contributed by atoms with Gasteiger partial charge < -0.3 is 38.6 Å². The summed E-state index contributed by atoms with van der Waals surface area (Å²) in [6, 6.07) is 5.26. The second kappa shape index (κ2) is 11.7. The Kier molecular flexibility index (Phi) is 8.54. The summed E-state index contributed by atoms with van der Waals surface area (Å²) >= 11 is 0. The van der Waals surface area contributed by atoms with Gasteiger partial charge >= 0.3 is 0 Å². The van der Waals surface area contributed by atoms with Crippen molar-refractivity contribution in [2.45, 2.75) is 45.3 Å². The molecule has 0 aliphatic heterocycles. The van der Waals surface area contributed by atoms with Gasteiger partial charge in [0, 0.05) is 25.7 Å². The standard InChI is InChI=1S/C28H24O16S4/c29-25-13-1-14-6-22(46(36,37)38)8-16(26(14)30)3-18-10-24(48(42,43)44)12-20(28(18)32)4-19-11-23(47(39,40)41)9-17(27(19)31)2-15(25)7-21(5-13)45(33,34)35/h5-12,29-32H,1-4H2,(H,33,34,35)(H,36,37,38)(H,39,40,41)(H,42,43,44)/p-5. The number of phenols is 3. The zero-order valence-electron chi connectivity index (χ0n) is 23.7. The van der Waals surface area contributed by atoms with E-state index in [-0.39, 0.29) is 0 Å². The third kappa shape index (κ3) is 6.96. The van der Waals surface area contributed by atoms with Gasteiger partial charge in [0.15, 0.2) is 0 Å². The van der Waals surface area contributed by atoms with Crippen LogP contribution in [0, 0.1) is 0 Å². The summed E-state index contributed by atoms with van der Waals surface area (Å²) in [7, 11) is -21.2. The molecule has 0 aromatic heterocycles. The molecular formula is C28H19O16S4-5. The van der Waals surface area contributed by atoms with Crippen molar-refractivity contribution in [3.05, 3.63) is 93.0 Å². The lowest BCUT2D eigenvalue weighted by Gasteiger charge is -2.24. The van der Waals surface area contributed by atoms with Gasteiger partial charge in [-0.25, -0.2) is 33.7 Å². The highest BCUT2D eigenvalue weighted by Gasteiger charge is 2.23. The Bertz CT molecular complexity index is 2040. The van der Waals surface area contributed by atoms with E-state index in [1.54, 1.807) is 0 Å². The Balaban J connectivity index is 1.93. The van der Waals surface area contributed by atoms with Gasteiger partial charge in [0.1, 0.15) is 57.7 Å². The second-order valence-corrected chi connectivity index (χ2v) is 16.4. The molecule has 0 fully saturated rings. The molecule has 8 bridgehead atoms. The van der Waals surface area contributed by atoms with Gasteiger partial charge in [0.25, 0.3) is 0 Å². The molecule has 20 heteroatoms. The SMILES string of the molecule is O=S(=O)([O-])c1cc2c([O-])c(c1)Cc1cc(S(=O)(=O)[O-])cc(c1O)Cc1cc(S(=O)(=O)[O-])cc(c1O)Cc1cc(S(=O)(=O)[O-])cc(c1O)C2. The van der Waals surface area contributed by atoms with Crippen molar-refractivity contribution in [3.63, 3.8) is 0 Å². The minimum absolute atomic E-state index is 0.450. The van der Waals surface area contributed by atoms with E-state index >= 15 is 0 Å². The molecule has 0 radical (unpaired) electrons. The number of benzene rings is 4. The van der Waals surface area contributed by atoms with Gasteiger partial charge in [0.2, 0.25) is 0 Å². The number of hydrogen-bond donors (Lipinski definition) is 3. The van der Waals surface area contributed by atoms with Crippen molar-refractivity contribution in [1.82, 2.24) is 0 Å². The number of hydrogen-bond acceptors (Lipinski definition) is 16. The Labute approximate surface area is 273 Å². The van der Waals surface area contributed by atoms with Crippen molar-refractivity contribution >= 4 is 40.5 Å². The molecule has 1 aliphatic carbocycles. The van der Waals surface area contributed by atoms with Crippen LogP contribution in [0.1, 0.15) is 44.5 Å². The Morgan fingerprint density at radius 3 is 0.729 bits per heavy atom. The molecule has 16 nitrogen and oxygen atoms in total. The molecule has 3 N–H and O–H groups in total. The van der Waals surface area contributed by atoms with Crippen LogP contribution in [0.5, 0.6) is 23.0 Å². The van der Waals surface area contributed by atoms with E-state index in [0.29, 0.717) is 48.5 Å². The van der Waals surface area contributed by atoms with E-state index in [9.17, 15) is 72.3 Å². The van der Waals surface area contributed by atoms with E-state index in [4.69, 9.17) is 0 Å². The quantitative estimate of drug-likeness (QED) is 0.207. The van der Waals surface area contributed by atoms with Crippen LogP contribution in [0.3, 0.4) is 0 Å². The molecule has 0 amide bonds. The summed E-state index contributed by atoms with van der Waals surface area (Å²) in [4.78, 5) is -3.88. The van der Waals surface area contributed by atoms with Gasteiger partial charge in [-0.05, 0) is 93.0 Å². The molecule has 48 heavy (non-hydrogen) atoms. The maximum atomic E-state index is 13.6. The normalized spacial score (nSPS) is 14.1. The van der Waals surface area contributed by atoms with E-state index in [1.165, 1.54) is 0 Å². The van der Waals surface area contributed by atoms with Crippen LogP contribution < -0.4 is 5.11 Å². The molecule has 4 aromatic carbocycles. The van der Waals surface area contributed by atoms with Gasteiger partial charge in [-0.15, -0.1) is 5.75 Å². The highest BCUT2D eigenvalue weighted by molar-refractivity contribution is 7.86. The smallest absolute Gasteiger partial charge is 0.124 e. The summed E-state index contributed by atoms with van der Waals surface area (Å²) in [6.07, 6.45) is -3.20. The third-order valence-electron chi connectivity index (χ3n) is 7.62. The van der Waals surface area contributed by atoms with Crippen LogP contribution in [-0.2, 0) is 66.2 Å². The molecule has 0 spiro atoms.